The van der Waals surface area contributed by atoms with E-state index in [2.05, 4.69) is 15.6 Å². The van der Waals surface area contributed by atoms with Gasteiger partial charge >= 0.3 is 0 Å². The monoisotopic (exact) mass is 219 g/mol. The van der Waals surface area contributed by atoms with Crippen molar-refractivity contribution in [2.45, 2.75) is 19.8 Å². The first kappa shape index (κ1) is 10.6. The summed E-state index contributed by atoms with van der Waals surface area (Å²) in [5.41, 5.74) is 0.551. The zero-order valence-corrected chi connectivity index (χ0v) is 8.99. The summed E-state index contributed by atoms with van der Waals surface area (Å²) in [4.78, 5) is 26.5. The van der Waals surface area contributed by atoms with Crippen LogP contribution in [0.5, 0.6) is 0 Å². The molecule has 5 nitrogen and oxygen atoms in total. The van der Waals surface area contributed by atoms with Crippen molar-refractivity contribution in [3.05, 3.63) is 18.3 Å². The van der Waals surface area contributed by atoms with Crippen LogP contribution in [0.2, 0.25) is 0 Å². The average Bonchev–Trinajstić information content (AvgIpc) is 3.03. The molecular formula is C11H13N3O2. The molecule has 2 rings (SSSR count). The van der Waals surface area contributed by atoms with E-state index in [9.17, 15) is 9.59 Å². The standard InChI is InChI=1S/C11H13N3O2/c1-7(15)13-10-9(3-2-6-12-10)14-11(16)8-4-5-8/h2-3,6,8H,4-5H2,1H3,(H,14,16)(H,12,13,15). The van der Waals surface area contributed by atoms with Gasteiger partial charge in [0, 0.05) is 19.0 Å². The number of carbonyl (C=O) groups excluding carboxylic acids is 2. The minimum absolute atomic E-state index is 0.000368. The van der Waals surface area contributed by atoms with Crippen molar-refractivity contribution in [2.75, 3.05) is 10.6 Å². The molecule has 1 aromatic heterocycles. The molecule has 0 radical (unpaired) electrons. The van der Waals surface area contributed by atoms with Crippen molar-refractivity contribution < 1.29 is 9.59 Å². The lowest BCUT2D eigenvalue weighted by molar-refractivity contribution is -0.117. The SMILES string of the molecule is CC(=O)Nc1ncccc1NC(=O)C1CC1. The average molecular weight is 219 g/mol. The molecule has 2 amide bonds. The molecule has 1 aliphatic carbocycles. The Morgan fingerprint density at radius 1 is 1.38 bits per heavy atom. The molecule has 0 bridgehead atoms. The molecule has 1 aliphatic rings. The van der Waals surface area contributed by atoms with Crippen molar-refractivity contribution >= 4 is 23.3 Å². The van der Waals surface area contributed by atoms with Gasteiger partial charge in [0.1, 0.15) is 0 Å². The van der Waals surface area contributed by atoms with Crippen LogP contribution in [0.1, 0.15) is 19.8 Å². The molecule has 16 heavy (non-hydrogen) atoms. The molecule has 1 fully saturated rings. The van der Waals surface area contributed by atoms with Crippen LogP contribution in [0, 0.1) is 5.92 Å². The molecule has 0 spiro atoms. The Morgan fingerprint density at radius 3 is 2.75 bits per heavy atom. The van der Waals surface area contributed by atoms with Crippen LogP contribution in [0.3, 0.4) is 0 Å². The van der Waals surface area contributed by atoms with Gasteiger partial charge in [0.15, 0.2) is 5.82 Å². The fraction of sp³-hybridized carbons (Fsp3) is 0.364. The number of nitrogens with one attached hydrogen (secondary N) is 2. The van der Waals surface area contributed by atoms with Gasteiger partial charge in [0.2, 0.25) is 11.8 Å². The van der Waals surface area contributed by atoms with Crippen LogP contribution in [-0.2, 0) is 9.59 Å². The third-order valence-electron chi connectivity index (χ3n) is 2.31. The van der Waals surface area contributed by atoms with Gasteiger partial charge in [-0.05, 0) is 25.0 Å². The molecule has 0 aliphatic heterocycles. The molecule has 1 heterocycles. The maximum absolute atomic E-state index is 11.6. The Morgan fingerprint density at radius 2 is 2.12 bits per heavy atom. The summed E-state index contributed by atoms with van der Waals surface area (Å²) in [6, 6.07) is 3.44. The summed E-state index contributed by atoms with van der Waals surface area (Å²) in [7, 11) is 0. The van der Waals surface area contributed by atoms with E-state index >= 15 is 0 Å². The fourth-order valence-electron chi connectivity index (χ4n) is 1.35. The number of nitrogens with zero attached hydrogens (tertiary/aromatic N) is 1. The van der Waals surface area contributed by atoms with E-state index in [1.54, 1.807) is 18.3 Å². The minimum atomic E-state index is -0.208. The van der Waals surface area contributed by atoms with Gasteiger partial charge in [0.05, 0.1) is 5.69 Å². The Balaban J connectivity index is 2.11. The van der Waals surface area contributed by atoms with E-state index in [-0.39, 0.29) is 17.7 Å². The zero-order valence-electron chi connectivity index (χ0n) is 8.99. The number of hydrogen-bond acceptors (Lipinski definition) is 3. The third-order valence-corrected chi connectivity index (χ3v) is 2.31. The lowest BCUT2D eigenvalue weighted by Gasteiger charge is -2.09. The highest BCUT2D eigenvalue weighted by molar-refractivity contribution is 5.99. The largest absolute Gasteiger partial charge is 0.323 e. The Kier molecular flexibility index (Phi) is 2.85. The van der Waals surface area contributed by atoms with Gasteiger partial charge in [-0.3, -0.25) is 9.59 Å². The van der Waals surface area contributed by atoms with Gasteiger partial charge in [-0.2, -0.15) is 0 Å². The highest BCUT2D eigenvalue weighted by Gasteiger charge is 2.30. The highest BCUT2D eigenvalue weighted by Crippen LogP contribution is 2.31. The predicted molar refractivity (Wildman–Crippen MR) is 59.9 cm³/mol. The molecule has 5 heteroatoms. The lowest BCUT2D eigenvalue weighted by atomic mass is 10.3. The number of hydrogen-bond donors (Lipinski definition) is 2. The van der Waals surface area contributed by atoms with Crippen LogP contribution in [-0.4, -0.2) is 16.8 Å². The number of anilines is 2. The van der Waals surface area contributed by atoms with Gasteiger partial charge in [-0.1, -0.05) is 0 Å². The Labute approximate surface area is 93.3 Å². The summed E-state index contributed by atoms with van der Waals surface area (Å²) < 4.78 is 0. The first-order valence-corrected chi connectivity index (χ1v) is 5.20. The molecule has 0 aromatic carbocycles. The summed E-state index contributed by atoms with van der Waals surface area (Å²) in [6.45, 7) is 1.40. The van der Waals surface area contributed by atoms with Crippen molar-refractivity contribution in [3.63, 3.8) is 0 Å². The molecule has 0 saturated heterocycles. The predicted octanol–water partition coefficient (Wildman–Crippen LogP) is 1.39. The Bertz CT molecular complexity index is 427. The highest BCUT2D eigenvalue weighted by atomic mass is 16.2. The zero-order chi connectivity index (χ0) is 11.5. The van der Waals surface area contributed by atoms with Crippen LogP contribution < -0.4 is 10.6 Å². The first-order valence-electron chi connectivity index (χ1n) is 5.20. The van der Waals surface area contributed by atoms with Crippen molar-refractivity contribution in [3.8, 4) is 0 Å². The first-order chi connectivity index (χ1) is 7.66. The van der Waals surface area contributed by atoms with Crippen LogP contribution >= 0.6 is 0 Å². The second kappa shape index (κ2) is 4.30. The summed E-state index contributed by atoms with van der Waals surface area (Å²) in [6.07, 6.45) is 3.46. The molecule has 1 saturated carbocycles. The quantitative estimate of drug-likeness (QED) is 0.806. The molecule has 0 unspecified atom stereocenters. The molecular weight excluding hydrogens is 206 g/mol. The topological polar surface area (TPSA) is 71.1 Å². The van der Waals surface area contributed by atoms with E-state index in [1.165, 1.54) is 6.92 Å². The minimum Gasteiger partial charge on any atom is -0.323 e. The Hall–Kier alpha value is -1.91. The smallest absolute Gasteiger partial charge is 0.227 e. The van der Waals surface area contributed by atoms with Gasteiger partial charge in [-0.25, -0.2) is 4.98 Å². The van der Waals surface area contributed by atoms with E-state index in [1.807, 2.05) is 0 Å². The van der Waals surface area contributed by atoms with Gasteiger partial charge < -0.3 is 10.6 Å². The van der Waals surface area contributed by atoms with Gasteiger partial charge in [0.25, 0.3) is 0 Å². The van der Waals surface area contributed by atoms with Crippen molar-refractivity contribution in [1.82, 2.24) is 4.98 Å². The van der Waals surface area contributed by atoms with Crippen molar-refractivity contribution in [2.24, 2.45) is 5.92 Å². The van der Waals surface area contributed by atoms with E-state index < -0.39 is 0 Å². The number of rotatable bonds is 3. The molecule has 0 atom stereocenters. The fourth-order valence-corrected chi connectivity index (χ4v) is 1.35. The molecule has 2 N–H and O–H groups in total. The van der Waals surface area contributed by atoms with E-state index in [0.717, 1.165) is 12.8 Å². The number of aromatic nitrogens is 1. The van der Waals surface area contributed by atoms with Gasteiger partial charge in [-0.15, -0.1) is 0 Å². The van der Waals surface area contributed by atoms with Crippen LogP contribution in [0.4, 0.5) is 11.5 Å². The molecule has 84 valence electrons. The number of carbonyl (C=O) groups is 2. The maximum Gasteiger partial charge on any atom is 0.227 e. The number of amides is 2. The summed E-state index contributed by atoms with van der Waals surface area (Å²) in [5.74, 6) is 0.314. The van der Waals surface area contributed by atoms with Crippen LogP contribution in [0.25, 0.3) is 0 Å². The third kappa shape index (κ3) is 2.56. The summed E-state index contributed by atoms with van der Waals surface area (Å²) >= 11 is 0. The normalized spacial score (nSPS) is 14.3. The van der Waals surface area contributed by atoms with E-state index in [0.29, 0.717) is 11.5 Å². The summed E-state index contributed by atoms with van der Waals surface area (Å²) in [5, 5.41) is 5.33. The van der Waals surface area contributed by atoms with Crippen LogP contribution in [0.15, 0.2) is 18.3 Å². The second-order valence-electron chi connectivity index (χ2n) is 3.84. The maximum atomic E-state index is 11.6. The molecule has 1 aromatic rings. The lowest BCUT2D eigenvalue weighted by Crippen LogP contribution is -2.16. The number of pyridine rings is 1. The van der Waals surface area contributed by atoms with Crippen molar-refractivity contribution in [1.29, 1.82) is 0 Å². The van der Waals surface area contributed by atoms with E-state index in [4.69, 9.17) is 0 Å². The second-order valence-corrected chi connectivity index (χ2v) is 3.84.